The van der Waals surface area contributed by atoms with E-state index in [0.717, 1.165) is 29.9 Å². The predicted molar refractivity (Wildman–Crippen MR) is 97.7 cm³/mol. The Morgan fingerprint density at radius 2 is 1.81 bits per heavy atom. The number of aliphatic hydroxyl groups is 1. The van der Waals surface area contributed by atoms with Gasteiger partial charge in [-0.3, -0.25) is 9.20 Å². The van der Waals surface area contributed by atoms with Crippen LogP contribution in [0.1, 0.15) is 30.1 Å². The molecule has 6 nitrogen and oxygen atoms in total. The molecule has 1 saturated heterocycles. The summed E-state index contributed by atoms with van der Waals surface area (Å²) in [5, 5.41) is 18.9. The number of aromatic nitrogens is 3. The van der Waals surface area contributed by atoms with E-state index in [1.165, 1.54) is 0 Å². The number of aliphatic hydroxyl groups excluding tert-OH is 1. The van der Waals surface area contributed by atoms with Gasteiger partial charge in [0.2, 0.25) is 0 Å². The van der Waals surface area contributed by atoms with E-state index in [0.29, 0.717) is 19.5 Å². The molecule has 1 N–H and O–H groups in total. The van der Waals surface area contributed by atoms with Gasteiger partial charge in [-0.05, 0) is 30.5 Å². The molecule has 1 aromatic carbocycles. The van der Waals surface area contributed by atoms with Crippen LogP contribution in [0.15, 0.2) is 54.7 Å². The normalized spacial score (nSPS) is 16.7. The topological polar surface area (TPSA) is 70.7 Å². The van der Waals surface area contributed by atoms with Crippen molar-refractivity contribution in [3.05, 3.63) is 66.1 Å². The molecule has 26 heavy (non-hydrogen) atoms. The summed E-state index contributed by atoms with van der Waals surface area (Å²) < 4.78 is 2.02. The zero-order valence-electron chi connectivity index (χ0n) is 14.5. The molecule has 1 fully saturated rings. The fourth-order valence-corrected chi connectivity index (χ4v) is 3.63. The largest absolute Gasteiger partial charge is 0.383 e. The van der Waals surface area contributed by atoms with E-state index >= 15 is 0 Å². The van der Waals surface area contributed by atoms with Gasteiger partial charge in [-0.15, -0.1) is 10.2 Å². The Labute approximate surface area is 152 Å². The van der Waals surface area contributed by atoms with Crippen LogP contribution in [0.4, 0.5) is 0 Å². The van der Waals surface area contributed by atoms with Crippen LogP contribution in [-0.2, 0) is 11.2 Å². The van der Waals surface area contributed by atoms with Crippen molar-refractivity contribution < 1.29 is 9.90 Å². The lowest BCUT2D eigenvalue weighted by atomic mass is 9.95. The number of likely N-dealkylation sites (tertiary alicyclic amines) is 1. The number of piperidine rings is 1. The Morgan fingerprint density at radius 1 is 1.08 bits per heavy atom. The average Bonchev–Trinajstić information content (AvgIpc) is 3.12. The van der Waals surface area contributed by atoms with Crippen molar-refractivity contribution in [1.82, 2.24) is 19.5 Å². The number of hydrogen-bond donors (Lipinski definition) is 1. The van der Waals surface area contributed by atoms with E-state index in [4.69, 9.17) is 0 Å². The third-order valence-corrected chi connectivity index (χ3v) is 5.07. The molecule has 1 aliphatic rings. The van der Waals surface area contributed by atoms with Crippen molar-refractivity contribution in [2.24, 2.45) is 0 Å². The summed E-state index contributed by atoms with van der Waals surface area (Å²) in [5.41, 5.74) is 1.82. The summed E-state index contributed by atoms with van der Waals surface area (Å²) in [6, 6.07) is 15.5. The number of fused-ring (bicyclic) bond motifs is 1. The number of carbonyl (C=O) groups is 1. The standard InChI is InChI=1S/C20H22N4O2/c25-17(14-15-6-2-1-3-7-15)20(26)23-12-9-16(10-13-23)19-22-21-18-8-4-5-11-24(18)19/h1-8,11,16-17,25H,9-10,12-14H2/t17-/m0/s1. The number of benzene rings is 1. The predicted octanol–water partition coefficient (Wildman–Crippen LogP) is 2.04. The van der Waals surface area contributed by atoms with Gasteiger partial charge in [0, 0.05) is 31.6 Å². The molecule has 4 rings (SSSR count). The van der Waals surface area contributed by atoms with E-state index < -0.39 is 6.10 Å². The zero-order valence-corrected chi connectivity index (χ0v) is 14.5. The summed E-state index contributed by atoms with van der Waals surface area (Å²) in [6.45, 7) is 1.27. The molecule has 1 atom stereocenters. The Morgan fingerprint density at radius 3 is 2.58 bits per heavy atom. The molecular weight excluding hydrogens is 328 g/mol. The molecule has 3 heterocycles. The van der Waals surface area contributed by atoms with E-state index in [9.17, 15) is 9.90 Å². The van der Waals surface area contributed by atoms with Crippen molar-refractivity contribution in [1.29, 1.82) is 0 Å². The van der Waals surface area contributed by atoms with Gasteiger partial charge in [0.15, 0.2) is 5.65 Å². The second kappa shape index (κ2) is 7.25. The van der Waals surface area contributed by atoms with Crippen LogP contribution >= 0.6 is 0 Å². The van der Waals surface area contributed by atoms with Gasteiger partial charge in [-0.1, -0.05) is 36.4 Å². The van der Waals surface area contributed by atoms with Crippen molar-refractivity contribution in [2.75, 3.05) is 13.1 Å². The minimum Gasteiger partial charge on any atom is -0.383 e. The lowest BCUT2D eigenvalue weighted by Gasteiger charge is -2.32. The van der Waals surface area contributed by atoms with E-state index in [1.807, 2.05) is 59.1 Å². The first-order valence-corrected chi connectivity index (χ1v) is 9.03. The van der Waals surface area contributed by atoms with Crippen LogP contribution < -0.4 is 0 Å². The first-order valence-electron chi connectivity index (χ1n) is 9.03. The number of hydrogen-bond acceptors (Lipinski definition) is 4. The van der Waals surface area contributed by atoms with E-state index in [-0.39, 0.29) is 11.8 Å². The number of rotatable bonds is 4. The molecule has 0 saturated carbocycles. The Hall–Kier alpha value is -2.73. The number of carbonyl (C=O) groups excluding carboxylic acids is 1. The van der Waals surface area contributed by atoms with Crippen molar-refractivity contribution in [3.8, 4) is 0 Å². The van der Waals surface area contributed by atoms with E-state index in [2.05, 4.69) is 10.2 Å². The molecule has 0 radical (unpaired) electrons. The average molecular weight is 350 g/mol. The fraction of sp³-hybridized carbons (Fsp3) is 0.350. The molecule has 2 aromatic heterocycles. The molecule has 0 unspecified atom stereocenters. The first kappa shape index (κ1) is 16.7. The molecule has 1 aliphatic heterocycles. The van der Waals surface area contributed by atoms with Crippen LogP contribution in [-0.4, -0.2) is 49.7 Å². The summed E-state index contributed by atoms with van der Waals surface area (Å²) in [4.78, 5) is 14.3. The van der Waals surface area contributed by atoms with Crippen LogP contribution in [0.5, 0.6) is 0 Å². The molecule has 1 amide bonds. The van der Waals surface area contributed by atoms with Gasteiger partial charge in [0.1, 0.15) is 11.9 Å². The van der Waals surface area contributed by atoms with Gasteiger partial charge < -0.3 is 10.0 Å². The third-order valence-electron chi connectivity index (χ3n) is 5.07. The smallest absolute Gasteiger partial charge is 0.251 e. The van der Waals surface area contributed by atoms with Crippen molar-refractivity contribution in [3.63, 3.8) is 0 Å². The summed E-state index contributed by atoms with van der Waals surface area (Å²) >= 11 is 0. The number of nitrogens with zero attached hydrogens (tertiary/aromatic N) is 4. The second-order valence-electron chi connectivity index (χ2n) is 6.79. The second-order valence-corrected chi connectivity index (χ2v) is 6.79. The van der Waals surface area contributed by atoms with Gasteiger partial charge in [0.05, 0.1) is 0 Å². The molecule has 0 spiro atoms. The lowest BCUT2D eigenvalue weighted by Crippen LogP contribution is -2.44. The van der Waals surface area contributed by atoms with Gasteiger partial charge in [-0.2, -0.15) is 0 Å². The quantitative estimate of drug-likeness (QED) is 0.782. The SMILES string of the molecule is O=C([C@@H](O)Cc1ccccc1)N1CCC(c2nnc3ccccn23)CC1. The maximum atomic E-state index is 12.6. The first-order chi connectivity index (χ1) is 12.7. The van der Waals surface area contributed by atoms with Crippen molar-refractivity contribution >= 4 is 11.6 Å². The molecule has 0 aliphatic carbocycles. The van der Waals surface area contributed by atoms with E-state index in [1.54, 1.807) is 4.90 Å². The summed E-state index contributed by atoms with van der Waals surface area (Å²) in [5.74, 6) is 1.05. The molecule has 134 valence electrons. The zero-order chi connectivity index (χ0) is 17.9. The van der Waals surface area contributed by atoms with Crippen LogP contribution in [0, 0.1) is 0 Å². The van der Waals surface area contributed by atoms with Gasteiger partial charge >= 0.3 is 0 Å². The van der Waals surface area contributed by atoms with Gasteiger partial charge in [0.25, 0.3) is 5.91 Å². The monoisotopic (exact) mass is 350 g/mol. The van der Waals surface area contributed by atoms with Crippen LogP contribution in [0.25, 0.3) is 5.65 Å². The lowest BCUT2D eigenvalue weighted by molar-refractivity contribution is -0.141. The highest BCUT2D eigenvalue weighted by molar-refractivity contribution is 5.81. The third kappa shape index (κ3) is 3.32. The number of amides is 1. The molecule has 6 heteroatoms. The number of pyridine rings is 1. The van der Waals surface area contributed by atoms with Crippen LogP contribution in [0.2, 0.25) is 0 Å². The highest BCUT2D eigenvalue weighted by Crippen LogP contribution is 2.27. The molecule has 0 bridgehead atoms. The van der Waals surface area contributed by atoms with Crippen molar-refractivity contribution in [2.45, 2.75) is 31.3 Å². The minimum absolute atomic E-state index is 0.182. The fourth-order valence-electron chi connectivity index (χ4n) is 3.63. The maximum Gasteiger partial charge on any atom is 0.251 e. The highest BCUT2D eigenvalue weighted by atomic mass is 16.3. The Balaban J connectivity index is 1.38. The Bertz CT molecular complexity index is 885. The summed E-state index contributed by atoms with van der Waals surface area (Å²) in [7, 11) is 0. The summed E-state index contributed by atoms with van der Waals surface area (Å²) in [6.07, 6.45) is 3.02. The van der Waals surface area contributed by atoms with Crippen LogP contribution in [0.3, 0.4) is 0 Å². The molecule has 3 aromatic rings. The minimum atomic E-state index is -0.983. The Kier molecular flexibility index (Phi) is 4.67. The molecular formula is C20H22N4O2. The maximum absolute atomic E-state index is 12.6. The van der Waals surface area contributed by atoms with Gasteiger partial charge in [-0.25, -0.2) is 0 Å². The highest BCUT2D eigenvalue weighted by Gasteiger charge is 2.29.